The summed E-state index contributed by atoms with van der Waals surface area (Å²) in [5, 5.41) is 22.1. The minimum absolute atomic E-state index is 0.242. The van der Waals surface area contributed by atoms with Gasteiger partial charge in [-0.05, 0) is 23.9 Å². The number of aromatic nitrogens is 2. The van der Waals surface area contributed by atoms with Crippen molar-refractivity contribution in [2.45, 2.75) is 10.1 Å². The van der Waals surface area contributed by atoms with Gasteiger partial charge in [0.15, 0.2) is 5.16 Å². The number of anilines is 1. The Morgan fingerprint density at radius 2 is 1.86 bits per heavy atom. The Balaban J connectivity index is 2.39. The zero-order chi connectivity index (χ0) is 16.3. The molecule has 0 aliphatic heterocycles. The molecule has 9 nitrogen and oxygen atoms in total. The molecule has 1 heterocycles. The van der Waals surface area contributed by atoms with E-state index in [-0.39, 0.29) is 16.3 Å². The number of nitro groups is 2. The molecule has 2 rings (SSSR count). The smallest absolute Gasteiger partial charge is 0.290 e. The van der Waals surface area contributed by atoms with Gasteiger partial charge in [0.25, 0.3) is 11.4 Å². The lowest BCUT2D eigenvalue weighted by Gasteiger charge is -2.11. The summed E-state index contributed by atoms with van der Waals surface area (Å²) in [6.07, 6.45) is 1.54. The minimum Gasteiger partial charge on any atom is -0.363 e. The highest BCUT2D eigenvalue weighted by Crippen LogP contribution is 2.35. The van der Waals surface area contributed by atoms with E-state index in [0.717, 1.165) is 17.8 Å². The van der Waals surface area contributed by atoms with Gasteiger partial charge >= 0.3 is 0 Å². The summed E-state index contributed by atoms with van der Waals surface area (Å²) < 4.78 is 0. The van der Waals surface area contributed by atoms with E-state index in [1.54, 1.807) is 17.2 Å². The third-order valence-corrected chi connectivity index (χ3v) is 3.57. The van der Waals surface area contributed by atoms with Crippen molar-refractivity contribution < 1.29 is 9.85 Å². The monoisotopic (exact) mass is 321 g/mol. The fraction of sp³-hybridized carbons (Fsp3) is 0.167. The molecule has 0 saturated heterocycles. The molecule has 10 heteroatoms. The quantitative estimate of drug-likeness (QED) is 0.468. The number of hydrogen-bond acceptors (Lipinski definition) is 8. The molecule has 0 atom stereocenters. The average molecular weight is 321 g/mol. The van der Waals surface area contributed by atoms with E-state index in [2.05, 4.69) is 9.97 Å². The standard InChI is InChI=1S/C12H11N5O4S/c1-15(2)11-5-6-13-12(14-11)22-10-4-3-8(16(18)19)7-9(10)17(20)21/h3-7H,1-2H3. The highest BCUT2D eigenvalue weighted by Gasteiger charge is 2.21. The van der Waals surface area contributed by atoms with E-state index in [4.69, 9.17) is 0 Å². The number of benzene rings is 1. The Morgan fingerprint density at radius 1 is 1.14 bits per heavy atom. The SMILES string of the molecule is CN(C)c1ccnc(Sc2ccc([N+](=O)[O-])cc2[N+](=O)[O-])n1. The lowest BCUT2D eigenvalue weighted by molar-refractivity contribution is -0.396. The summed E-state index contributed by atoms with van der Waals surface area (Å²) in [6, 6.07) is 5.17. The van der Waals surface area contributed by atoms with Crippen molar-refractivity contribution >= 4 is 29.0 Å². The van der Waals surface area contributed by atoms with Crippen LogP contribution in [0, 0.1) is 20.2 Å². The van der Waals surface area contributed by atoms with Gasteiger partial charge in [0, 0.05) is 26.4 Å². The molecule has 0 aliphatic rings. The first-order valence-corrected chi connectivity index (χ1v) is 6.81. The summed E-state index contributed by atoms with van der Waals surface area (Å²) in [5.41, 5.74) is -0.683. The zero-order valence-corrected chi connectivity index (χ0v) is 12.5. The molecule has 0 bridgehead atoms. The molecule has 0 radical (unpaired) electrons. The second kappa shape index (κ2) is 6.35. The lowest BCUT2D eigenvalue weighted by atomic mass is 10.3. The van der Waals surface area contributed by atoms with Gasteiger partial charge in [-0.3, -0.25) is 20.2 Å². The lowest BCUT2D eigenvalue weighted by Crippen LogP contribution is -2.11. The molecule has 22 heavy (non-hydrogen) atoms. The van der Waals surface area contributed by atoms with Gasteiger partial charge in [0.1, 0.15) is 5.82 Å². The molecule has 0 unspecified atom stereocenters. The fourth-order valence-electron chi connectivity index (χ4n) is 1.58. The highest BCUT2D eigenvalue weighted by atomic mass is 32.2. The molecular weight excluding hydrogens is 310 g/mol. The van der Waals surface area contributed by atoms with Crippen molar-refractivity contribution in [2.75, 3.05) is 19.0 Å². The van der Waals surface area contributed by atoms with Gasteiger partial charge in [-0.15, -0.1) is 0 Å². The third kappa shape index (κ3) is 3.47. The van der Waals surface area contributed by atoms with Gasteiger partial charge in [-0.2, -0.15) is 0 Å². The Kier molecular flexibility index (Phi) is 4.51. The van der Waals surface area contributed by atoms with Crippen molar-refractivity contribution in [3.8, 4) is 0 Å². The number of rotatable bonds is 5. The predicted molar refractivity (Wildman–Crippen MR) is 80.2 cm³/mol. The molecule has 0 amide bonds. The molecule has 0 spiro atoms. The molecule has 0 saturated carbocycles. The number of nitro benzene ring substituents is 2. The van der Waals surface area contributed by atoms with Crippen LogP contribution >= 0.6 is 11.8 Å². The Bertz CT molecular complexity index is 737. The van der Waals surface area contributed by atoms with Crippen LogP contribution in [0.3, 0.4) is 0 Å². The van der Waals surface area contributed by atoms with E-state index in [1.807, 2.05) is 14.1 Å². The maximum Gasteiger partial charge on any atom is 0.290 e. The molecule has 0 aliphatic carbocycles. The first kappa shape index (κ1) is 15.6. The molecule has 2 aromatic rings. The average Bonchev–Trinajstić information content (AvgIpc) is 2.47. The van der Waals surface area contributed by atoms with Crippen LogP contribution in [0.2, 0.25) is 0 Å². The molecule has 1 aromatic carbocycles. The van der Waals surface area contributed by atoms with Crippen molar-refractivity contribution in [2.24, 2.45) is 0 Å². The van der Waals surface area contributed by atoms with Gasteiger partial charge in [0.05, 0.1) is 20.8 Å². The van der Waals surface area contributed by atoms with E-state index in [0.29, 0.717) is 11.0 Å². The Hall–Kier alpha value is -2.75. The zero-order valence-electron chi connectivity index (χ0n) is 11.7. The second-order valence-corrected chi connectivity index (χ2v) is 5.37. The van der Waals surface area contributed by atoms with Gasteiger partial charge in [0.2, 0.25) is 0 Å². The largest absolute Gasteiger partial charge is 0.363 e. The van der Waals surface area contributed by atoms with Crippen molar-refractivity contribution in [1.29, 1.82) is 0 Å². The van der Waals surface area contributed by atoms with Crippen molar-refractivity contribution in [3.63, 3.8) is 0 Å². The summed E-state index contributed by atoms with van der Waals surface area (Å²) >= 11 is 0.981. The fourth-order valence-corrected chi connectivity index (χ4v) is 2.40. The highest BCUT2D eigenvalue weighted by molar-refractivity contribution is 7.99. The molecular formula is C12H11N5O4S. The van der Waals surface area contributed by atoms with E-state index < -0.39 is 9.85 Å². The van der Waals surface area contributed by atoms with Crippen LogP contribution in [-0.4, -0.2) is 33.9 Å². The number of hydrogen-bond donors (Lipinski definition) is 0. The van der Waals surface area contributed by atoms with Gasteiger partial charge < -0.3 is 4.90 Å². The molecule has 0 fully saturated rings. The first-order chi connectivity index (χ1) is 10.4. The molecule has 0 N–H and O–H groups in total. The third-order valence-electron chi connectivity index (χ3n) is 2.63. The van der Waals surface area contributed by atoms with E-state index in [1.165, 1.54) is 12.1 Å². The van der Waals surface area contributed by atoms with Crippen LogP contribution in [0.4, 0.5) is 17.2 Å². The maximum atomic E-state index is 11.1. The normalized spacial score (nSPS) is 10.3. The van der Waals surface area contributed by atoms with Gasteiger partial charge in [-0.25, -0.2) is 9.97 Å². The first-order valence-electron chi connectivity index (χ1n) is 5.99. The van der Waals surface area contributed by atoms with Gasteiger partial charge in [-0.1, -0.05) is 0 Å². The minimum atomic E-state index is -0.676. The maximum absolute atomic E-state index is 11.1. The number of nitrogens with zero attached hydrogens (tertiary/aromatic N) is 5. The summed E-state index contributed by atoms with van der Waals surface area (Å²) in [4.78, 5) is 30.8. The summed E-state index contributed by atoms with van der Waals surface area (Å²) in [5.74, 6) is 0.655. The Labute approximate surface area is 129 Å². The summed E-state index contributed by atoms with van der Waals surface area (Å²) in [6.45, 7) is 0. The number of non-ortho nitro benzene ring substituents is 1. The van der Waals surface area contributed by atoms with Crippen LogP contribution in [0.1, 0.15) is 0 Å². The van der Waals surface area contributed by atoms with Crippen molar-refractivity contribution in [1.82, 2.24) is 9.97 Å². The summed E-state index contributed by atoms with van der Waals surface area (Å²) in [7, 11) is 3.62. The van der Waals surface area contributed by atoms with Crippen LogP contribution in [0.25, 0.3) is 0 Å². The molecule has 1 aromatic heterocycles. The van der Waals surface area contributed by atoms with Crippen LogP contribution in [-0.2, 0) is 0 Å². The molecule has 114 valence electrons. The predicted octanol–water partition coefficient (Wildman–Crippen LogP) is 2.51. The second-order valence-electron chi connectivity index (χ2n) is 4.36. The van der Waals surface area contributed by atoms with Crippen molar-refractivity contribution in [3.05, 3.63) is 50.7 Å². The van der Waals surface area contributed by atoms with Crippen LogP contribution in [0.5, 0.6) is 0 Å². The Morgan fingerprint density at radius 3 is 2.45 bits per heavy atom. The van der Waals surface area contributed by atoms with Crippen LogP contribution < -0.4 is 4.90 Å². The van der Waals surface area contributed by atoms with Crippen LogP contribution in [0.15, 0.2) is 40.5 Å². The topological polar surface area (TPSA) is 115 Å². The van der Waals surface area contributed by atoms with E-state index in [9.17, 15) is 20.2 Å². The van der Waals surface area contributed by atoms with E-state index >= 15 is 0 Å².